The Bertz CT molecular complexity index is 454. The zero-order valence-electron chi connectivity index (χ0n) is 9.93. The van der Waals surface area contributed by atoms with Crippen LogP contribution in [0.2, 0.25) is 0 Å². The number of benzene rings is 1. The van der Waals surface area contributed by atoms with Crippen molar-refractivity contribution in [2.24, 2.45) is 0 Å². The first kappa shape index (κ1) is 13.3. The molecule has 3 rings (SSSR count). The highest BCUT2D eigenvalue weighted by molar-refractivity contribution is 5.99. The van der Waals surface area contributed by atoms with Crippen molar-refractivity contribution in [2.75, 3.05) is 18.0 Å². The van der Waals surface area contributed by atoms with Gasteiger partial charge in [0.2, 0.25) is 5.91 Å². The molecule has 18 heavy (non-hydrogen) atoms. The van der Waals surface area contributed by atoms with Gasteiger partial charge in [-0.25, -0.2) is 4.39 Å². The molecule has 1 aromatic rings. The Labute approximate surface area is 112 Å². The number of carbonyl (C=O) groups is 1. The molecule has 0 aliphatic carbocycles. The molecule has 98 valence electrons. The third-order valence-corrected chi connectivity index (χ3v) is 3.53. The van der Waals surface area contributed by atoms with Crippen molar-refractivity contribution in [3.8, 4) is 0 Å². The van der Waals surface area contributed by atoms with Gasteiger partial charge in [-0.15, -0.1) is 12.4 Å². The molecule has 2 atom stereocenters. The second-order valence-corrected chi connectivity index (χ2v) is 4.66. The van der Waals surface area contributed by atoms with Gasteiger partial charge in [-0.2, -0.15) is 0 Å². The van der Waals surface area contributed by atoms with E-state index < -0.39 is 6.17 Å². The van der Waals surface area contributed by atoms with Crippen molar-refractivity contribution in [2.45, 2.75) is 25.1 Å². The van der Waals surface area contributed by atoms with Gasteiger partial charge >= 0.3 is 0 Å². The van der Waals surface area contributed by atoms with Crippen molar-refractivity contribution in [1.29, 1.82) is 0 Å². The van der Waals surface area contributed by atoms with Crippen molar-refractivity contribution >= 4 is 24.0 Å². The van der Waals surface area contributed by atoms with Crippen LogP contribution in [0.1, 0.15) is 12.0 Å². The van der Waals surface area contributed by atoms with E-state index in [1.165, 1.54) is 5.56 Å². The lowest BCUT2D eigenvalue weighted by Crippen LogP contribution is -2.42. The monoisotopic (exact) mass is 270 g/mol. The maximum Gasteiger partial charge on any atom is 0.244 e. The summed E-state index contributed by atoms with van der Waals surface area (Å²) < 4.78 is 13.1. The molecule has 0 bridgehead atoms. The van der Waals surface area contributed by atoms with E-state index in [1.807, 2.05) is 24.3 Å². The second kappa shape index (κ2) is 5.24. The molecular weight excluding hydrogens is 255 g/mol. The number of amides is 1. The van der Waals surface area contributed by atoms with Gasteiger partial charge in [-0.05, 0) is 18.1 Å². The number of nitrogens with zero attached hydrogens (tertiary/aromatic N) is 1. The largest absolute Gasteiger partial charge is 0.310 e. The summed E-state index contributed by atoms with van der Waals surface area (Å²) in [6, 6.07) is 7.57. The summed E-state index contributed by atoms with van der Waals surface area (Å²) in [4.78, 5) is 14.0. The molecule has 2 aliphatic heterocycles. The van der Waals surface area contributed by atoms with Gasteiger partial charge in [0.05, 0.1) is 6.04 Å². The van der Waals surface area contributed by atoms with Crippen molar-refractivity contribution < 1.29 is 9.18 Å². The molecule has 1 fully saturated rings. The van der Waals surface area contributed by atoms with Gasteiger partial charge < -0.3 is 10.2 Å². The smallest absolute Gasteiger partial charge is 0.244 e. The number of hydrogen-bond donors (Lipinski definition) is 1. The molecule has 2 unspecified atom stereocenters. The van der Waals surface area contributed by atoms with Crippen LogP contribution in [-0.4, -0.2) is 31.2 Å². The van der Waals surface area contributed by atoms with E-state index in [0.29, 0.717) is 19.5 Å². The normalized spacial score (nSPS) is 25.7. The second-order valence-electron chi connectivity index (χ2n) is 4.66. The molecule has 1 aromatic carbocycles. The van der Waals surface area contributed by atoms with E-state index in [0.717, 1.165) is 12.1 Å². The molecule has 1 N–H and O–H groups in total. The van der Waals surface area contributed by atoms with Crippen LogP contribution in [0.4, 0.5) is 10.1 Å². The maximum absolute atomic E-state index is 13.1. The van der Waals surface area contributed by atoms with Crippen LogP contribution in [0.5, 0.6) is 0 Å². The summed E-state index contributed by atoms with van der Waals surface area (Å²) in [6.45, 7) is 1.01. The third kappa shape index (κ3) is 2.22. The Hall–Kier alpha value is -1.13. The third-order valence-electron chi connectivity index (χ3n) is 3.53. The summed E-state index contributed by atoms with van der Waals surface area (Å²) in [5.74, 6) is 0.00935. The Kier molecular flexibility index (Phi) is 3.88. The van der Waals surface area contributed by atoms with E-state index in [1.54, 1.807) is 4.90 Å². The Morgan fingerprint density at radius 2 is 2.17 bits per heavy atom. The van der Waals surface area contributed by atoms with Crippen LogP contribution >= 0.6 is 12.4 Å². The minimum absolute atomic E-state index is 0. The highest BCUT2D eigenvalue weighted by atomic mass is 35.5. The van der Waals surface area contributed by atoms with Crippen molar-refractivity contribution in [3.05, 3.63) is 29.8 Å². The molecule has 2 aliphatic rings. The average molecular weight is 271 g/mol. The summed E-state index contributed by atoms with van der Waals surface area (Å²) >= 11 is 0. The van der Waals surface area contributed by atoms with Gasteiger partial charge in [0.1, 0.15) is 6.17 Å². The summed E-state index contributed by atoms with van der Waals surface area (Å²) in [5, 5.41) is 2.95. The minimum atomic E-state index is -0.887. The van der Waals surface area contributed by atoms with Gasteiger partial charge in [0.25, 0.3) is 0 Å². The van der Waals surface area contributed by atoms with Crippen LogP contribution in [0.25, 0.3) is 0 Å². The number of halogens is 2. The molecule has 5 heteroatoms. The predicted molar refractivity (Wildman–Crippen MR) is 71.1 cm³/mol. The molecule has 0 saturated carbocycles. The summed E-state index contributed by atoms with van der Waals surface area (Å²) in [5.41, 5.74) is 2.19. The number of rotatable bonds is 1. The molecule has 1 saturated heterocycles. The standard InChI is InChI=1S/C13H15FN2O.ClH/c14-10-7-11(15-8-10)13(17)16-6-5-9-3-1-2-4-12(9)16;/h1-4,10-11,15H,5-8H2;1H. The SMILES string of the molecule is Cl.O=C(C1CC(F)CN1)N1CCc2ccccc21. The number of anilines is 1. The number of para-hydroxylation sites is 1. The number of fused-ring (bicyclic) bond motifs is 1. The molecule has 3 nitrogen and oxygen atoms in total. The molecule has 0 spiro atoms. The lowest BCUT2D eigenvalue weighted by atomic mass is 10.1. The number of carbonyl (C=O) groups excluding carboxylic acids is 1. The Morgan fingerprint density at radius 1 is 1.39 bits per heavy atom. The van der Waals surface area contributed by atoms with Crippen LogP contribution in [0.15, 0.2) is 24.3 Å². The van der Waals surface area contributed by atoms with Crippen LogP contribution < -0.4 is 10.2 Å². The molecule has 1 amide bonds. The lowest BCUT2D eigenvalue weighted by molar-refractivity contribution is -0.120. The number of alkyl halides is 1. The van der Waals surface area contributed by atoms with E-state index in [-0.39, 0.29) is 24.4 Å². The fraction of sp³-hybridized carbons (Fsp3) is 0.462. The lowest BCUT2D eigenvalue weighted by Gasteiger charge is -2.21. The van der Waals surface area contributed by atoms with E-state index in [4.69, 9.17) is 0 Å². The quantitative estimate of drug-likeness (QED) is 0.842. The van der Waals surface area contributed by atoms with E-state index in [9.17, 15) is 9.18 Å². The average Bonchev–Trinajstić information content (AvgIpc) is 2.94. The van der Waals surface area contributed by atoms with Crippen LogP contribution in [0.3, 0.4) is 0 Å². The number of hydrogen-bond acceptors (Lipinski definition) is 2. The zero-order valence-corrected chi connectivity index (χ0v) is 10.8. The Balaban J connectivity index is 0.00000120. The molecular formula is C13H16ClFN2O. The van der Waals surface area contributed by atoms with Crippen molar-refractivity contribution in [1.82, 2.24) is 5.32 Å². The van der Waals surface area contributed by atoms with Gasteiger partial charge in [-0.1, -0.05) is 18.2 Å². The number of nitrogens with one attached hydrogen (secondary N) is 1. The van der Waals surface area contributed by atoms with E-state index >= 15 is 0 Å². The topological polar surface area (TPSA) is 32.3 Å². The summed E-state index contributed by atoms with van der Waals surface area (Å²) in [6.07, 6.45) is 0.312. The first-order valence-electron chi connectivity index (χ1n) is 6.02. The van der Waals surface area contributed by atoms with E-state index in [2.05, 4.69) is 5.32 Å². The van der Waals surface area contributed by atoms with Gasteiger partial charge in [-0.3, -0.25) is 4.79 Å². The fourth-order valence-corrected chi connectivity index (χ4v) is 2.64. The predicted octanol–water partition coefficient (Wildman–Crippen LogP) is 1.70. The highest BCUT2D eigenvalue weighted by Crippen LogP contribution is 2.28. The maximum atomic E-state index is 13.1. The fourth-order valence-electron chi connectivity index (χ4n) is 2.64. The molecule has 0 aromatic heterocycles. The van der Waals surface area contributed by atoms with Gasteiger partial charge in [0, 0.05) is 25.2 Å². The zero-order chi connectivity index (χ0) is 11.8. The molecule has 2 heterocycles. The van der Waals surface area contributed by atoms with Crippen LogP contribution in [0, 0.1) is 0 Å². The van der Waals surface area contributed by atoms with Gasteiger partial charge in [0.15, 0.2) is 0 Å². The minimum Gasteiger partial charge on any atom is -0.310 e. The molecule has 0 radical (unpaired) electrons. The highest BCUT2D eigenvalue weighted by Gasteiger charge is 2.34. The first-order chi connectivity index (χ1) is 8.25. The first-order valence-corrected chi connectivity index (χ1v) is 6.02. The summed E-state index contributed by atoms with van der Waals surface area (Å²) in [7, 11) is 0. The van der Waals surface area contributed by atoms with Crippen molar-refractivity contribution in [3.63, 3.8) is 0 Å². The Morgan fingerprint density at radius 3 is 2.89 bits per heavy atom. The van der Waals surface area contributed by atoms with Crippen LogP contribution in [-0.2, 0) is 11.2 Å².